The summed E-state index contributed by atoms with van der Waals surface area (Å²) >= 11 is 3.50. The number of fused-ring (bicyclic) bond motifs is 1. The lowest BCUT2D eigenvalue weighted by atomic mass is 9.93. The van der Waals surface area contributed by atoms with Crippen molar-refractivity contribution in [1.82, 2.24) is 5.43 Å². The molecule has 3 nitrogen and oxygen atoms in total. The Morgan fingerprint density at radius 2 is 2.10 bits per heavy atom. The van der Waals surface area contributed by atoms with Crippen LogP contribution in [0.15, 0.2) is 40.9 Å². The monoisotopic (exact) mass is 332 g/mol. The van der Waals surface area contributed by atoms with Crippen LogP contribution in [0.4, 0.5) is 0 Å². The van der Waals surface area contributed by atoms with E-state index in [-0.39, 0.29) is 6.04 Å². The van der Waals surface area contributed by atoms with Crippen molar-refractivity contribution in [3.05, 3.63) is 63.1 Å². The Kier molecular flexibility index (Phi) is 3.78. The molecular formula is C16H17BrN2O. The maximum Gasteiger partial charge on any atom is 0.127 e. The Labute approximate surface area is 127 Å². The molecule has 0 aliphatic carbocycles. The van der Waals surface area contributed by atoms with E-state index in [1.807, 2.05) is 6.07 Å². The van der Waals surface area contributed by atoms with E-state index in [4.69, 9.17) is 10.6 Å². The zero-order valence-electron chi connectivity index (χ0n) is 11.3. The van der Waals surface area contributed by atoms with Crippen LogP contribution < -0.4 is 16.0 Å². The molecule has 0 amide bonds. The molecule has 2 aromatic carbocycles. The molecule has 104 valence electrons. The van der Waals surface area contributed by atoms with Crippen LogP contribution in [0.1, 0.15) is 28.3 Å². The van der Waals surface area contributed by atoms with E-state index >= 15 is 0 Å². The second-order valence-electron chi connectivity index (χ2n) is 5.03. The molecule has 1 heterocycles. The molecule has 1 aliphatic rings. The standard InChI is InChI=1S/C16H17BrN2O/c1-10-9-12(17)5-6-13(10)15(19-18)14-4-2-3-11-7-8-20-16(11)14/h2-6,9,15,19H,7-8,18H2,1H3. The summed E-state index contributed by atoms with van der Waals surface area (Å²) in [6.45, 7) is 2.84. The largest absolute Gasteiger partial charge is 0.493 e. The molecule has 0 saturated carbocycles. The van der Waals surface area contributed by atoms with Gasteiger partial charge in [-0.2, -0.15) is 0 Å². The summed E-state index contributed by atoms with van der Waals surface area (Å²) in [6.07, 6.45) is 0.972. The highest BCUT2D eigenvalue weighted by atomic mass is 79.9. The van der Waals surface area contributed by atoms with Crippen LogP contribution in [0.3, 0.4) is 0 Å². The summed E-state index contributed by atoms with van der Waals surface area (Å²) in [5.41, 5.74) is 7.65. The third kappa shape index (κ3) is 2.35. The lowest BCUT2D eigenvalue weighted by Gasteiger charge is -2.21. The minimum absolute atomic E-state index is 0.0591. The Bertz CT molecular complexity index is 642. The molecule has 20 heavy (non-hydrogen) atoms. The van der Waals surface area contributed by atoms with Gasteiger partial charge >= 0.3 is 0 Å². The molecule has 0 radical (unpaired) electrons. The van der Waals surface area contributed by atoms with Gasteiger partial charge in [0, 0.05) is 16.5 Å². The number of ether oxygens (including phenoxy) is 1. The van der Waals surface area contributed by atoms with E-state index in [1.54, 1.807) is 0 Å². The topological polar surface area (TPSA) is 47.3 Å². The number of rotatable bonds is 3. The lowest BCUT2D eigenvalue weighted by Crippen LogP contribution is -2.29. The van der Waals surface area contributed by atoms with E-state index in [1.165, 1.54) is 16.7 Å². The first kappa shape index (κ1) is 13.6. The van der Waals surface area contributed by atoms with Gasteiger partial charge < -0.3 is 4.74 Å². The number of benzene rings is 2. The summed E-state index contributed by atoms with van der Waals surface area (Å²) in [6, 6.07) is 12.4. The van der Waals surface area contributed by atoms with Gasteiger partial charge in [0.1, 0.15) is 5.75 Å². The molecule has 3 rings (SSSR count). The van der Waals surface area contributed by atoms with E-state index < -0.39 is 0 Å². The first-order valence-electron chi connectivity index (χ1n) is 6.67. The molecule has 1 unspecified atom stereocenters. The number of para-hydroxylation sites is 1. The van der Waals surface area contributed by atoms with Gasteiger partial charge in [-0.05, 0) is 35.7 Å². The van der Waals surface area contributed by atoms with Crippen molar-refractivity contribution in [2.45, 2.75) is 19.4 Å². The molecule has 4 heteroatoms. The predicted octanol–water partition coefficient (Wildman–Crippen LogP) is 3.25. The van der Waals surface area contributed by atoms with Crippen LogP contribution >= 0.6 is 15.9 Å². The number of hydrazine groups is 1. The Morgan fingerprint density at radius 3 is 2.85 bits per heavy atom. The minimum atomic E-state index is -0.0591. The SMILES string of the molecule is Cc1cc(Br)ccc1C(NN)c1cccc2c1OCC2. The number of aryl methyl sites for hydroxylation is 1. The summed E-state index contributed by atoms with van der Waals surface area (Å²) in [5.74, 6) is 6.80. The van der Waals surface area contributed by atoms with Crippen molar-refractivity contribution in [2.24, 2.45) is 5.84 Å². The molecule has 1 aliphatic heterocycles. The van der Waals surface area contributed by atoms with Crippen LogP contribution in [-0.2, 0) is 6.42 Å². The third-order valence-electron chi connectivity index (χ3n) is 3.77. The lowest BCUT2D eigenvalue weighted by molar-refractivity contribution is 0.350. The maximum atomic E-state index is 5.82. The number of nitrogens with two attached hydrogens (primary N) is 1. The number of halogens is 1. The molecule has 0 fully saturated rings. The fourth-order valence-corrected chi connectivity index (χ4v) is 3.25. The van der Waals surface area contributed by atoms with Crippen molar-refractivity contribution in [3.8, 4) is 5.75 Å². The van der Waals surface area contributed by atoms with Gasteiger partial charge in [-0.15, -0.1) is 0 Å². The zero-order valence-corrected chi connectivity index (χ0v) is 12.9. The van der Waals surface area contributed by atoms with E-state index in [9.17, 15) is 0 Å². The van der Waals surface area contributed by atoms with Crippen molar-refractivity contribution >= 4 is 15.9 Å². The van der Waals surface area contributed by atoms with Gasteiger partial charge in [-0.1, -0.05) is 40.2 Å². The normalized spacial score (nSPS) is 14.8. The first-order chi connectivity index (χ1) is 9.70. The molecule has 2 aromatic rings. The first-order valence-corrected chi connectivity index (χ1v) is 7.47. The molecule has 1 atom stereocenters. The number of hydrogen-bond acceptors (Lipinski definition) is 3. The van der Waals surface area contributed by atoms with Crippen molar-refractivity contribution in [1.29, 1.82) is 0 Å². The smallest absolute Gasteiger partial charge is 0.127 e. The van der Waals surface area contributed by atoms with E-state index in [2.05, 4.69) is 58.6 Å². The second-order valence-corrected chi connectivity index (χ2v) is 5.95. The van der Waals surface area contributed by atoms with Crippen molar-refractivity contribution in [2.75, 3.05) is 6.61 Å². The third-order valence-corrected chi connectivity index (χ3v) is 4.26. The second kappa shape index (κ2) is 5.56. The van der Waals surface area contributed by atoms with Crippen LogP contribution in [0.5, 0.6) is 5.75 Å². The van der Waals surface area contributed by atoms with Crippen LogP contribution in [0, 0.1) is 6.92 Å². The minimum Gasteiger partial charge on any atom is -0.493 e. The quantitative estimate of drug-likeness (QED) is 0.670. The summed E-state index contributed by atoms with van der Waals surface area (Å²) in [4.78, 5) is 0. The molecule has 0 spiro atoms. The summed E-state index contributed by atoms with van der Waals surface area (Å²) < 4.78 is 6.87. The summed E-state index contributed by atoms with van der Waals surface area (Å²) in [5, 5.41) is 0. The van der Waals surface area contributed by atoms with Gasteiger partial charge in [0.15, 0.2) is 0 Å². The predicted molar refractivity (Wildman–Crippen MR) is 83.7 cm³/mol. The number of nitrogens with one attached hydrogen (secondary N) is 1. The van der Waals surface area contributed by atoms with Gasteiger partial charge in [-0.3, -0.25) is 5.84 Å². The van der Waals surface area contributed by atoms with E-state index in [0.717, 1.165) is 28.8 Å². The molecule has 0 aromatic heterocycles. The van der Waals surface area contributed by atoms with Crippen LogP contribution in [-0.4, -0.2) is 6.61 Å². The average molecular weight is 333 g/mol. The van der Waals surface area contributed by atoms with Crippen molar-refractivity contribution in [3.63, 3.8) is 0 Å². The Balaban J connectivity index is 2.09. The molecule has 3 N–H and O–H groups in total. The van der Waals surface area contributed by atoms with Gasteiger partial charge in [0.25, 0.3) is 0 Å². The molecular weight excluding hydrogens is 316 g/mol. The fourth-order valence-electron chi connectivity index (χ4n) is 2.78. The average Bonchev–Trinajstić information content (AvgIpc) is 2.91. The van der Waals surface area contributed by atoms with Crippen LogP contribution in [0.2, 0.25) is 0 Å². The van der Waals surface area contributed by atoms with Crippen molar-refractivity contribution < 1.29 is 4.74 Å². The highest BCUT2D eigenvalue weighted by Crippen LogP contribution is 2.37. The highest BCUT2D eigenvalue weighted by Gasteiger charge is 2.23. The van der Waals surface area contributed by atoms with Gasteiger partial charge in [0.05, 0.1) is 12.6 Å². The Morgan fingerprint density at radius 1 is 1.25 bits per heavy atom. The van der Waals surface area contributed by atoms with Crippen LogP contribution in [0.25, 0.3) is 0 Å². The maximum absolute atomic E-state index is 5.82. The fraction of sp³-hybridized carbons (Fsp3) is 0.250. The zero-order chi connectivity index (χ0) is 14.1. The van der Waals surface area contributed by atoms with Gasteiger partial charge in [0.2, 0.25) is 0 Å². The highest BCUT2D eigenvalue weighted by molar-refractivity contribution is 9.10. The Hall–Kier alpha value is -1.36. The van der Waals surface area contributed by atoms with E-state index in [0.29, 0.717) is 0 Å². The molecule has 0 bridgehead atoms. The number of hydrogen-bond donors (Lipinski definition) is 2. The van der Waals surface area contributed by atoms with Gasteiger partial charge in [-0.25, -0.2) is 5.43 Å². The molecule has 0 saturated heterocycles. The summed E-state index contributed by atoms with van der Waals surface area (Å²) in [7, 11) is 0.